The van der Waals surface area contributed by atoms with E-state index in [0.717, 1.165) is 0 Å². The van der Waals surface area contributed by atoms with E-state index in [2.05, 4.69) is 30.2 Å². The number of hydrogen-bond donors (Lipinski definition) is 2. The van der Waals surface area contributed by atoms with E-state index in [-0.39, 0.29) is 22.8 Å². The van der Waals surface area contributed by atoms with Crippen molar-refractivity contribution in [1.82, 2.24) is 10.3 Å². The van der Waals surface area contributed by atoms with Crippen LogP contribution in [0.1, 0.15) is 29.2 Å². The minimum atomic E-state index is -0.313. The van der Waals surface area contributed by atoms with Gasteiger partial charge in [-0.1, -0.05) is 31.5 Å². The third kappa shape index (κ3) is 3.29. The predicted molar refractivity (Wildman–Crippen MR) is 83.3 cm³/mol. The van der Waals surface area contributed by atoms with Gasteiger partial charge in [-0.2, -0.15) is 0 Å². The van der Waals surface area contributed by atoms with Gasteiger partial charge in [-0.15, -0.1) is 11.3 Å². The fourth-order valence-corrected chi connectivity index (χ4v) is 2.80. The second-order valence-electron chi connectivity index (χ2n) is 5.11. The summed E-state index contributed by atoms with van der Waals surface area (Å²) in [6.07, 6.45) is 0. The zero-order valence-electron chi connectivity index (χ0n) is 11.3. The Morgan fingerprint density at radius 1 is 1.45 bits per heavy atom. The summed E-state index contributed by atoms with van der Waals surface area (Å²) in [5, 5.41) is 5.18. The summed E-state index contributed by atoms with van der Waals surface area (Å²) < 4.78 is 0. The van der Waals surface area contributed by atoms with Gasteiger partial charge in [-0.25, -0.2) is 4.98 Å². The molecule has 2 rings (SSSR count). The van der Waals surface area contributed by atoms with E-state index < -0.39 is 0 Å². The van der Waals surface area contributed by atoms with Gasteiger partial charge in [0.05, 0.1) is 5.02 Å². The number of amides is 1. The van der Waals surface area contributed by atoms with Crippen molar-refractivity contribution >= 4 is 34.7 Å². The van der Waals surface area contributed by atoms with Gasteiger partial charge in [0.2, 0.25) is 0 Å². The van der Waals surface area contributed by atoms with Crippen molar-refractivity contribution in [3.05, 3.63) is 45.2 Å². The Hall–Kier alpha value is -1.59. The van der Waals surface area contributed by atoms with E-state index in [1.54, 1.807) is 23.5 Å². The molecule has 0 aromatic carbocycles. The number of rotatable bonds is 4. The van der Waals surface area contributed by atoms with Crippen molar-refractivity contribution in [2.24, 2.45) is 0 Å². The maximum atomic E-state index is 12.1. The minimum Gasteiger partial charge on any atom is -0.384 e. The first-order valence-corrected chi connectivity index (χ1v) is 7.40. The Labute approximate surface area is 127 Å². The molecule has 20 heavy (non-hydrogen) atoms. The molecule has 0 spiro atoms. The first-order chi connectivity index (χ1) is 9.40. The highest BCUT2D eigenvalue weighted by atomic mass is 35.5. The molecule has 0 aliphatic rings. The van der Waals surface area contributed by atoms with Crippen molar-refractivity contribution in [3.63, 3.8) is 0 Å². The van der Waals surface area contributed by atoms with Crippen LogP contribution in [0.2, 0.25) is 5.02 Å². The van der Waals surface area contributed by atoms with E-state index >= 15 is 0 Å². The van der Waals surface area contributed by atoms with Crippen molar-refractivity contribution < 1.29 is 4.79 Å². The summed E-state index contributed by atoms with van der Waals surface area (Å²) in [5.41, 5.74) is 5.59. The summed E-state index contributed by atoms with van der Waals surface area (Å²) in [6, 6.07) is 7.19. The number of carbonyl (C=O) groups excluding carboxylic acids is 1. The van der Waals surface area contributed by atoms with Gasteiger partial charge in [0.15, 0.2) is 0 Å². The highest BCUT2D eigenvalue weighted by Gasteiger charge is 2.23. The monoisotopic (exact) mass is 309 g/mol. The number of nitrogens with zero attached hydrogens (tertiary/aromatic N) is 1. The molecule has 0 saturated carbocycles. The predicted octanol–water partition coefficient (Wildman–Crippen LogP) is 3.09. The molecule has 0 fully saturated rings. The molecule has 4 nitrogen and oxygen atoms in total. The second kappa shape index (κ2) is 5.81. The molecule has 6 heteroatoms. The molecule has 2 aromatic rings. The quantitative estimate of drug-likeness (QED) is 0.912. The average Bonchev–Trinajstić information content (AvgIpc) is 2.93. The molecule has 0 bridgehead atoms. The van der Waals surface area contributed by atoms with Gasteiger partial charge in [0.25, 0.3) is 5.91 Å². The van der Waals surface area contributed by atoms with Gasteiger partial charge in [0.1, 0.15) is 11.5 Å². The standard InChI is InChI=1S/C14H16ClN3OS/c1-14(2,10-4-3-7-20-10)8-17-13(19)12-9(15)5-6-11(16)18-12/h3-7H,8H2,1-2H3,(H2,16,18)(H,17,19). The largest absolute Gasteiger partial charge is 0.384 e. The number of anilines is 1. The molecule has 0 atom stereocenters. The van der Waals surface area contributed by atoms with Crippen LogP contribution in [0.4, 0.5) is 5.82 Å². The van der Waals surface area contributed by atoms with E-state index in [1.807, 2.05) is 11.4 Å². The molecule has 0 radical (unpaired) electrons. The summed E-state index contributed by atoms with van der Waals surface area (Å²) >= 11 is 7.63. The van der Waals surface area contributed by atoms with E-state index in [1.165, 1.54) is 4.88 Å². The molecule has 0 aliphatic carbocycles. The molecule has 0 unspecified atom stereocenters. The van der Waals surface area contributed by atoms with Crippen LogP contribution in [-0.2, 0) is 5.41 Å². The molecule has 2 heterocycles. The SMILES string of the molecule is CC(C)(CNC(=O)c1nc(N)ccc1Cl)c1cccs1. The molecule has 0 saturated heterocycles. The summed E-state index contributed by atoms with van der Waals surface area (Å²) in [4.78, 5) is 17.3. The van der Waals surface area contributed by atoms with Crippen molar-refractivity contribution in [2.75, 3.05) is 12.3 Å². The molecular weight excluding hydrogens is 294 g/mol. The number of hydrogen-bond acceptors (Lipinski definition) is 4. The van der Waals surface area contributed by atoms with Crippen LogP contribution in [0.3, 0.4) is 0 Å². The number of nitrogens with one attached hydrogen (secondary N) is 1. The highest BCUT2D eigenvalue weighted by Crippen LogP contribution is 2.26. The Morgan fingerprint density at radius 3 is 2.85 bits per heavy atom. The summed E-state index contributed by atoms with van der Waals surface area (Å²) in [5.74, 6) is -0.0380. The Kier molecular flexibility index (Phi) is 4.30. The lowest BCUT2D eigenvalue weighted by molar-refractivity contribution is 0.0941. The van der Waals surface area contributed by atoms with E-state index in [9.17, 15) is 4.79 Å². The minimum absolute atomic E-state index is 0.142. The third-order valence-corrected chi connectivity index (χ3v) is 4.50. The van der Waals surface area contributed by atoms with Crippen LogP contribution >= 0.6 is 22.9 Å². The zero-order valence-corrected chi connectivity index (χ0v) is 12.9. The summed E-state index contributed by atoms with van der Waals surface area (Å²) in [6.45, 7) is 4.65. The fraction of sp³-hybridized carbons (Fsp3) is 0.286. The molecule has 3 N–H and O–H groups in total. The lowest BCUT2D eigenvalue weighted by Crippen LogP contribution is -2.36. The first kappa shape index (κ1) is 14.8. The van der Waals surface area contributed by atoms with Gasteiger partial charge in [-0.3, -0.25) is 4.79 Å². The van der Waals surface area contributed by atoms with E-state index in [0.29, 0.717) is 11.6 Å². The zero-order chi connectivity index (χ0) is 14.8. The lowest BCUT2D eigenvalue weighted by atomic mass is 9.91. The number of aromatic nitrogens is 1. The Balaban J connectivity index is 2.07. The smallest absolute Gasteiger partial charge is 0.271 e. The molecule has 106 valence electrons. The van der Waals surface area contributed by atoms with Crippen LogP contribution in [0.15, 0.2) is 29.6 Å². The van der Waals surface area contributed by atoms with Crippen LogP contribution < -0.4 is 11.1 Å². The Bertz CT molecular complexity index is 611. The average molecular weight is 310 g/mol. The highest BCUT2D eigenvalue weighted by molar-refractivity contribution is 7.10. The normalized spacial score (nSPS) is 11.3. The number of carbonyl (C=O) groups is 1. The van der Waals surface area contributed by atoms with Crippen molar-refractivity contribution in [1.29, 1.82) is 0 Å². The number of halogens is 1. The topological polar surface area (TPSA) is 68.0 Å². The molecule has 1 amide bonds. The summed E-state index contributed by atoms with van der Waals surface area (Å²) in [7, 11) is 0. The van der Waals surface area contributed by atoms with Gasteiger partial charge < -0.3 is 11.1 Å². The number of nitrogen functional groups attached to an aromatic ring is 1. The van der Waals surface area contributed by atoms with Crippen LogP contribution in [0.5, 0.6) is 0 Å². The van der Waals surface area contributed by atoms with Crippen LogP contribution in [0, 0.1) is 0 Å². The molecule has 2 aromatic heterocycles. The van der Waals surface area contributed by atoms with Crippen LogP contribution in [-0.4, -0.2) is 17.4 Å². The van der Waals surface area contributed by atoms with Crippen LogP contribution in [0.25, 0.3) is 0 Å². The molecular formula is C14H16ClN3OS. The van der Waals surface area contributed by atoms with Gasteiger partial charge >= 0.3 is 0 Å². The Morgan fingerprint density at radius 2 is 2.20 bits per heavy atom. The first-order valence-electron chi connectivity index (χ1n) is 6.14. The molecule has 0 aliphatic heterocycles. The number of thiophene rings is 1. The second-order valence-corrected chi connectivity index (χ2v) is 6.47. The number of nitrogens with two attached hydrogens (primary N) is 1. The third-order valence-electron chi connectivity index (χ3n) is 2.96. The van der Waals surface area contributed by atoms with Crippen molar-refractivity contribution in [2.45, 2.75) is 19.3 Å². The van der Waals surface area contributed by atoms with E-state index in [4.69, 9.17) is 17.3 Å². The maximum Gasteiger partial charge on any atom is 0.271 e. The maximum absolute atomic E-state index is 12.1. The van der Waals surface area contributed by atoms with Crippen molar-refractivity contribution in [3.8, 4) is 0 Å². The van der Waals surface area contributed by atoms with Gasteiger partial charge in [-0.05, 0) is 23.6 Å². The number of pyridine rings is 1. The lowest BCUT2D eigenvalue weighted by Gasteiger charge is -2.23. The fourth-order valence-electron chi connectivity index (χ4n) is 1.75. The van der Waals surface area contributed by atoms with Gasteiger partial charge in [0, 0.05) is 16.8 Å².